The fourth-order valence-corrected chi connectivity index (χ4v) is 4.96. The van der Waals surface area contributed by atoms with E-state index in [9.17, 15) is 14.9 Å². The molecule has 1 saturated heterocycles. The predicted octanol–water partition coefficient (Wildman–Crippen LogP) is 3.58. The molecule has 2 aromatic carbocycles. The molecule has 0 radical (unpaired) electrons. The Morgan fingerprint density at radius 1 is 1.34 bits per heavy atom. The summed E-state index contributed by atoms with van der Waals surface area (Å²) in [7, 11) is 0. The Kier molecular flexibility index (Phi) is 4.92. The molecule has 4 atom stereocenters. The highest BCUT2D eigenvalue weighted by molar-refractivity contribution is 9.10. The molecule has 0 unspecified atom stereocenters. The van der Waals surface area contributed by atoms with Crippen LogP contribution in [0.2, 0.25) is 0 Å². The number of nitrogens with zero attached hydrogens (tertiary/aromatic N) is 1. The first-order valence-electron chi connectivity index (χ1n) is 9.25. The minimum absolute atomic E-state index is 0.279. The van der Waals surface area contributed by atoms with E-state index in [1.807, 2.05) is 19.1 Å². The van der Waals surface area contributed by atoms with Crippen molar-refractivity contribution in [1.82, 2.24) is 5.32 Å². The van der Waals surface area contributed by atoms with Crippen LogP contribution < -0.4 is 15.4 Å². The molecule has 2 N–H and O–H groups in total. The van der Waals surface area contributed by atoms with Gasteiger partial charge in [0.15, 0.2) is 5.54 Å². The molecule has 2 aliphatic rings. The average Bonchev–Trinajstić information content (AvgIpc) is 3.15. The molecule has 1 amide bonds. The summed E-state index contributed by atoms with van der Waals surface area (Å²) in [6.45, 7) is 5.81. The van der Waals surface area contributed by atoms with E-state index in [1.165, 1.54) is 0 Å². The number of ether oxygens (including phenoxy) is 1. The molecule has 1 spiro atoms. The van der Waals surface area contributed by atoms with Crippen molar-refractivity contribution < 1.29 is 14.5 Å². The maximum atomic E-state index is 13.1. The van der Waals surface area contributed by atoms with Gasteiger partial charge in [0.2, 0.25) is 0 Å². The van der Waals surface area contributed by atoms with Gasteiger partial charge in [0.1, 0.15) is 12.4 Å². The molecule has 150 valence electrons. The van der Waals surface area contributed by atoms with Gasteiger partial charge in [-0.2, -0.15) is 0 Å². The van der Waals surface area contributed by atoms with E-state index in [0.717, 1.165) is 4.47 Å². The van der Waals surface area contributed by atoms with E-state index < -0.39 is 23.4 Å². The lowest BCUT2D eigenvalue weighted by atomic mass is 9.78. The average molecular weight is 458 g/mol. The molecule has 8 heteroatoms. The highest BCUT2D eigenvalue weighted by Gasteiger charge is 2.67. The molecule has 29 heavy (non-hydrogen) atoms. The van der Waals surface area contributed by atoms with E-state index in [4.69, 9.17) is 4.74 Å². The van der Waals surface area contributed by atoms with Crippen molar-refractivity contribution in [2.45, 2.75) is 30.5 Å². The van der Waals surface area contributed by atoms with Gasteiger partial charge in [-0.15, -0.1) is 0 Å². The second-order valence-electron chi connectivity index (χ2n) is 7.28. The first-order valence-corrected chi connectivity index (χ1v) is 10.0. The summed E-state index contributed by atoms with van der Waals surface area (Å²) in [6, 6.07) is 11.0. The third kappa shape index (κ3) is 2.94. The first kappa shape index (κ1) is 19.6. The Hall–Kier alpha value is -2.71. The number of benzene rings is 2. The quantitative estimate of drug-likeness (QED) is 0.406. The van der Waals surface area contributed by atoms with Crippen LogP contribution in [-0.2, 0) is 10.3 Å². The number of amides is 1. The smallest absolute Gasteiger partial charge is 0.256 e. The van der Waals surface area contributed by atoms with E-state index in [0.29, 0.717) is 22.6 Å². The summed E-state index contributed by atoms with van der Waals surface area (Å²) in [5, 5.41) is 18.5. The van der Waals surface area contributed by atoms with E-state index in [2.05, 4.69) is 33.1 Å². The van der Waals surface area contributed by atoms with Crippen LogP contribution in [0.4, 0.5) is 5.69 Å². The second-order valence-corrected chi connectivity index (χ2v) is 8.19. The lowest BCUT2D eigenvalue weighted by Gasteiger charge is -2.26. The number of nitro groups is 1. The van der Waals surface area contributed by atoms with Crippen LogP contribution in [0.25, 0.3) is 0 Å². The Morgan fingerprint density at radius 2 is 2.10 bits per heavy atom. The minimum atomic E-state index is -1.44. The van der Waals surface area contributed by atoms with Crippen molar-refractivity contribution in [1.29, 1.82) is 0 Å². The minimum Gasteiger partial charge on any atom is -0.489 e. The number of carbonyl (C=O) groups excluding carboxylic acids is 1. The number of carbonyl (C=O) groups is 1. The summed E-state index contributed by atoms with van der Waals surface area (Å²) >= 11 is 3.46. The van der Waals surface area contributed by atoms with Gasteiger partial charge in [-0.25, -0.2) is 0 Å². The Labute approximate surface area is 176 Å². The molecule has 0 aliphatic carbocycles. The number of halogens is 1. The maximum absolute atomic E-state index is 13.1. The van der Waals surface area contributed by atoms with Crippen LogP contribution in [0.15, 0.2) is 59.6 Å². The SMILES string of the molecule is C=CCOc1ccc(Br)cc1[C@@H]1[C@H](C)N[C@]2(C(=O)Nc3ccccc32)[C@H]1[N+](=O)[O-]. The van der Waals surface area contributed by atoms with Crippen molar-refractivity contribution in [2.75, 3.05) is 11.9 Å². The molecular formula is C21H20BrN3O4. The summed E-state index contributed by atoms with van der Waals surface area (Å²) in [6.07, 6.45) is 1.62. The largest absolute Gasteiger partial charge is 0.489 e. The molecule has 7 nitrogen and oxygen atoms in total. The van der Waals surface area contributed by atoms with Crippen LogP contribution in [0.5, 0.6) is 5.75 Å². The standard InChI is InChI=1S/C21H20BrN3O4/c1-3-10-29-17-9-8-13(22)11-14(17)18-12(2)24-21(19(18)25(27)28)15-6-4-5-7-16(15)23-20(21)26/h3-9,11-12,18-19,24H,1,10H2,2H3,(H,23,26)/t12-,18-,19-,21-/m0/s1. The number of hydrogen-bond donors (Lipinski definition) is 2. The van der Waals surface area contributed by atoms with Crippen molar-refractivity contribution in [3.8, 4) is 5.75 Å². The van der Waals surface area contributed by atoms with Gasteiger partial charge in [0.05, 0.1) is 5.92 Å². The maximum Gasteiger partial charge on any atom is 0.256 e. The second kappa shape index (κ2) is 7.27. The monoisotopic (exact) mass is 457 g/mol. The van der Waals surface area contributed by atoms with Gasteiger partial charge >= 0.3 is 0 Å². The summed E-state index contributed by atoms with van der Waals surface area (Å²) in [4.78, 5) is 25.1. The lowest BCUT2D eigenvalue weighted by molar-refractivity contribution is -0.532. The Balaban J connectivity index is 1.89. The van der Waals surface area contributed by atoms with Crippen molar-refractivity contribution in [3.63, 3.8) is 0 Å². The molecule has 2 aromatic rings. The molecule has 0 bridgehead atoms. The number of rotatable bonds is 5. The predicted molar refractivity (Wildman–Crippen MR) is 113 cm³/mol. The van der Waals surface area contributed by atoms with E-state index >= 15 is 0 Å². The number of para-hydroxylation sites is 1. The zero-order valence-corrected chi connectivity index (χ0v) is 17.3. The van der Waals surface area contributed by atoms with Crippen molar-refractivity contribution in [2.24, 2.45) is 0 Å². The number of anilines is 1. The summed E-state index contributed by atoms with van der Waals surface area (Å²) in [5.74, 6) is -0.445. The zero-order valence-electron chi connectivity index (χ0n) is 15.7. The van der Waals surface area contributed by atoms with E-state index in [1.54, 1.807) is 36.4 Å². The third-order valence-corrected chi connectivity index (χ3v) is 6.14. The van der Waals surface area contributed by atoms with Crippen molar-refractivity contribution in [3.05, 3.63) is 80.8 Å². The molecular weight excluding hydrogens is 438 g/mol. The van der Waals surface area contributed by atoms with Crippen LogP contribution in [0.1, 0.15) is 24.0 Å². The van der Waals surface area contributed by atoms with Crippen LogP contribution in [-0.4, -0.2) is 29.5 Å². The molecule has 2 aliphatic heterocycles. The van der Waals surface area contributed by atoms with Gasteiger partial charge in [0, 0.05) is 32.3 Å². The lowest BCUT2D eigenvalue weighted by Crippen LogP contribution is -2.54. The van der Waals surface area contributed by atoms with Crippen LogP contribution in [0.3, 0.4) is 0 Å². The molecule has 1 fully saturated rings. The fraction of sp³-hybridized carbons (Fsp3) is 0.286. The van der Waals surface area contributed by atoms with Crippen LogP contribution >= 0.6 is 15.9 Å². The van der Waals surface area contributed by atoms with Gasteiger partial charge in [-0.05, 0) is 31.2 Å². The Morgan fingerprint density at radius 3 is 2.83 bits per heavy atom. The third-order valence-electron chi connectivity index (χ3n) is 5.65. The normalized spacial score (nSPS) is 27.5. The van der Waals surface area contributed by atoms with Gasteiger partial charge in [0.25, 0.3) is 11.9 Å². The zero-order chi connectivity index (χ0) is 20.8. The van der Waals surface area contributed by atoms with Crippen LogP contribution in [0, 0.1) is 10.1 Å². The van der Waals surface area contributed by atoms with Gasteiger partial charge < -0.3 is 10.1 Å². The van der Waals surface area contributed by atoms with Gasteiger partial charge in [-0.3, -0.25) is 20.2 Å². The summed E-state index contributed by atoms with van der Waals surface area (Å²) < 4.78 is 6.57. The molecule has 0 aromatic heterocycles. The number of fused-ring (bicyclic) bond motifs is 2. The topological polar surface area (TPSA) is 93.5 Å². The van der Waals surface area contributed by atoms with Crippen molar-refractivity contribution >= 4 is 27.5 Å². The van der Waals surface area contributed by atoms with E-state index in [-0.39, 0.29) is 17.6 Å². The molecule has 0 saturated carbocycles. The summed E-state index contributed by atoms with van der Waals surface area (Å²) in [5.41, 5.74) is 0.436. The van der Waals surface area contributed by atoms with Gasteiger partial charge in [-0.1, -0.05) is 46.8 Å². The highest BCUT2D eigenvalue weighted by Crippen LogP contribution is 2.51. The number of hydrogen-bond acceptors (Lipinski definition) is 5. The first-order chi connectivity index (χ1) is 13.9. The number of nitrogens with one attached hydrogen (secondary N) is 2. The highest BCUT2D eigenvalue weighted by atomic mass is 79.9. The molecule has 2 heterocycles. The Bertz CT molecular complexity index is 1010. The fourth-order valence-electron chi connectivity index (χ4n) is 4.58. The molecule has 4 rings (SSSR count).